The molecule has 38 heavy (non-hydrogen) atoms. The molecule has 1 aliphatic carbocycles. The van der Waals surface area contributed by atoms with Gasteiger partial charge in [0.1, 0.15) is 11.4 Å². The zero-order chi connectivity index (χ0) is 27.6. The molecule has 1 saturated heterocycles. The van der Waals surface area contributed by atoms with Gasteiger partial charge >= 0.3 is 0 Å². The molecule has 2 unspecified atom stereocenters. The van der Waals surface area contributed by atoms with Crippen LogP contribution in [0.15, 0.2) is 36.7 Å². The Morgan fingerprint density at radius 1 is 1.03 bits per heavy atom. The number of halogens is 1. The molecule has 2 heterocycles. The first-order valence-electron chi connectivity index (χ1n) is 13.0. The Morgan fingerprint density at radius 2 is 1.66 bits per heavy atom. The number of pyridine rings is 1. The summed E-state index contributed by atoms with van der Waals surface area (Å²) < 4.78 is 15.1. The molecule has 2 fully saturated rings. The Kier molecular flexibility index (Phi) is 7.80. The monoisotopic (exact) mass is 523 g/mol. The smallest absolute Gasteiger partial charge is 0.254 e. The average Bonchev–Trinajstić information content (AvgIpc) is 3.60. The molecule has 0 bridgehead atoms. The molecular weight excluding hydrogens is 489 g/mol. The van der Waals surface area contributed by atoms with Crippen molar-refractivity contribution in [2.75, 3.05) is 6.54 Å². The maximum atomic E-state index is 15.1. The molecule has 9 nitrogen and oxygen atoms in total. The number of aromatic nitrogens is 1. The SMILES string of the molecule is CCNC(=O)c1cncc(C(=O)NC2(C(=O)N[C@H](C)c3ccc(C(=O)N4C(C)CCC4C)cc3F)CC2)c1. The van der Waals surface area contributed by atoms with Gasteiger partial charge in [0, 0.05) is 42.1 Å². The van der Waals surface area contributed by atoms with Gasteiger partial charge in [0.05, 0.1) is 17.2 Å². The maximum Gasteiger partial charge on any atom is 0.254 e. The van der Waals surface area contributed by atoms with Crippen molar-refractivity contribution in [3.05, 3.63) is 64.7 Å². The fraction of sp³-hybridized carbons (Fsp3) is 0.464. The standard InChI is InChI=1S/C28H34FN5O4/c1-5-31-24(35)20-12-21(15-30-14-20)25(36)33-28(10-11-28)27(38)32-18(4)22-9-8-19(13-23(22)29)26(37)34-16(2)6-7-17(34)3/h8-9,12-18H,5-7,10-11H2,1-4H3,(H,31,35)(H,32,38)(H,33,36)/t16?,17?,18-/m1/s1. The zero-order valence-electron chi connectivity index (χ0n) is 22.1. The summed E-state index contributed by atoms with van der Waals surface area (Å²) in [5.41, 5.74) is -0.179. The van der Waals surface area contributed by atoms with Gasteiger partial charge in [0.25, 0.3) is 17.7 Å². The summed E-state index contributed by atoms with van der Waals surface area (Å²) >= 11 is 0. The quantitative estimate of drug-likeness (QED) is 0.491. The minimum absolute atomic E-state index is 0.107. The number of nitrogens with one attached hydrogen (secondary N) is 3. The third-order valence-corrected chi connectivity index (χ3v) is 7.39. The zero-order valence-corrected chi connectivity index (χ0v) is 22.1. The number of carbonyl (C=O) groups is 4. The topological polar surface area (TPSA) is 120 Å². The Balaban J connectivity index is 1.41. The van der Waals surface area contributed by atoms with Gasteiger partial charge in [-0.3, -0.25) is 24.2 Å². The van der Waals surface area contributed by atoms with Crippen molar-refractivity contribution < 1.29 is 23.6 Å². The van der Waals surface area contributed by atoms with Gasteiger partial charge in [0.15, 0.2) is 0 Å². The van der Waals surface area contributed by atoms with Gasteiger partial charge in [-0.2, -0.15) is 0 Å². The van der Waals surface area contributed by atoms with E-state index < -0.39 is 29.2 Å². The summed E-state index contributed by atoms with van der Waals surface area (Å²) in [6, 6.07) is 5.28. The summed E-state index contributed by atoms with van der Waals surface area (Å²) in [5, 5.41) is 8.19. The van der Waals surface area contributed by atoms with E-state index in [1.807, 2.05) is 13.8 Å². The number of benzene rings is 1. The van der Waals surface area contributed by atoms with Crippen molar-refractivity contribution in [2.45, 2.75) is 77.0 Å². The van der Waals surface area contributed by atoms with Crippen LogP contribution in [0.3, 0.4) is 0 Å². The van der Waals surface area contributed by atoms with E-state index in [1.54, 1.807) is 24.8 Å². The molecule has 202 valence electrons. The second-order valence-electron chi connectivity index (χ2n) is 10.3. The van der Waals surface area contributed by atoms with Gasteiger partial charge in [-0.1, -0.05) is 6.07 Å². The Labute approximate surface area is 221 Å². The molecule has 2 aromatic rings. The molecule has 3 N–H and O–H groups in total. The lowest BCUT2D eigenvalue weighted by atomic mass is 10.0. The van der Waals surface area contributed by atoms with Crippen molar-refractivity contribution >= 4 is 23.6 Å². The molecule has 1 aliphatic heterocycles. The third-order valence-electron chi connectivity index (χ3n) is 7.39. The van der Waals surface area contributed by atoms with Gasteiger partial charge in [-0.15, -0.1) is 0 Å². The molecule has 3 atom stereocenters. The molecule has 4 rings (SSSR count). The van der Waals surface area contributed by atoms with E-state index in [0.717, 1.165) is 12.8 Å². The van der Waals surface area contributed by atoms with Crippen molar-refractivity contribution in [1.29, 1.82) is 0 Å². The van der Waals surface area contributed by atoms with E-state index in [1.165, 1.54) is 30.6 Å². The van der Waals surface area contributed by atoms with E-state index >= 15 is 4.39 Å². The van der Waals surface area contributed by atoms with Crippen LogP contribution in [-0.4, -0.2) is 57.7 Å². The number of carbonyl (C=O) groups excluding carboxylic acids is 4. The number of rotatable bonds is 8. The van der Waals surface area contributed by atoms with Crippen LogP contribution in [0.1, 0.15) is 96.1 Å². The largest absolute Gasteiger partial charge is 0.352 e. The molecule has 0 radical (unpaired) electrons. The summed E-state index contributed by atoms with van der Waals surface area (Å²) in [6.45, 7) is 7.86. The van der Waals surface area contributed by atoms with Gasteiger partial charge in [0.2, 0.25) is 5.91 Å². The summed E-state index contributed by atoms with van der Waals surface area (Å²) in [6.07, 6.45) is 5.40. The highest BCUT2D eigenvalue weighted by molar-refractivity contribution is 6.02. The highest BCUT2D eigenvalue weighted by Gasteiger charge is 2.51. The van der Waals surface area contributed by atoms with Crippen molar-refractivity contribution in [3.63, 3.8) is 0 Å². The molecule has 1 aromatic carbocycles. The van der Waals surface area contributed by atoms with Crippen LogP contribution in [0.2, 0.25) is 0 Å². The van der Waals surface area contributed by atoms with E-state index in [0.29, 0.717) is 19.4 Å². The molecular formula is C28H34FN5O4. The highest BCUT2D eigenvalue weighted by Crippen LogP contribution is 2.37. The first-order chi connectivity index (χ1) is 18.1. The number of hydrogen-bond donors (Lipinski definition) is 3. The lowest BCUT2D eigenvalue weighted by Gasteiger charge is -2.27. The first-order valence-corrected chi connectivity index (χ1v) is 13.0. The minimum Gasteiger partial charge on any atom is -0.352 e. The Bertz CT molecular complexity index is 1250. The van der Waals surface area contributed by atoms with Gasteiger partial charge in [-0.25, -0.2) is 4.39 Å². The van der Waals surface area contributed by atoms with Crippen LogP contribution in [0.4, 0.5) is 4.39 Å². The van der Waals surface area contributed by atoms with Crippen molar-refractivity contribution in [2.24, 2.45) is 0 Å². The molecule has 0 spiro atoms. The predicted octanol–water partition coefficient (Wildman–Crippen LogP) is 3.12. The van der Waals surface area contributed by atoms with Crippen LogP contribution < -0.4 is 16.0 Å². The van der Waals surface area contributed by atoms with E-state index in [-0.39, 0.29) is 46.2 Å². The normalized spacial score (nSPS) is 20.4. The average molecular weight is 524 g/mol. The van der Waals surface area contributed by atoms with E-state index in [9.17, 15) is 19.2 Å². The number of hydrogen-bond acceptors (Lipinski definition) is 5. The maximum absolute atomic E-state index is 15.1. The van der Waals surface area contributed by atoms with Crippen LogP contribution >= 0.6 is 0 Å². The van der Waals surface area contributed by atoms with Crippen LogP contribution in [-0.2, 0) is 4.79 Å². The second kappa shape index (κ2) is 10.9. The number of likely N-dealkylation sites (tertiary alicyclic amines) is 1. The molecule has 4 amide bonds. The van der Waals surface area contributed by atoms with Crippen molar-refractivity contribution in [1.82, 2.24) is 25.8 Å². The van der Waals surface area contributed by atoms with Gasteiger partial charge < -0.3 is 20.9 Å². The minimum atomic E-state index is -1.11. The number of nitrogens with zero attached hydrogens (tertiary/aromatic N) is 2. The molecule has 1 saturated carbocycles. The fourth-order valence-electron chi connectivity index (χ4n) is 4.94. The Morgan fingerprint density at radius 3 is 2.24 bits per heavy atom. The summed E-state index contributed by atoms with van der Waals surface area (Å²) in [4.78, 5) is 56.7. The van der Waals surface area contributed by atoms with Crippen LogP contribution in [0, 0.1) is 5.82 Å². The fourth-order valence-corrected chi connectivity index (χ4v) is 4.94. The van der Waals surface area contributed by atoms with Crippen LogP contribution in [0.5, 0.6) is 0 Å². The van der Waals surface area contributed by atoms with E-state index in [4.69, 9.17) is 0 Å². The lowest BCUT2D eigenvalue weighted by Crippen LogP contribution is -2.49. The van der Waals surface area contributed by atoms with E-state index in [2.05, 4.69) is 20.9 Å². The highest BCUT2D eigenvalue weighted by atomic mass is 19.1. The molecule has 10 heteroatoms. The lowest BCUT2D eigenvalue weighted by molar-refractivity contribution is -0.124. The van der Waals surface area contributed by atoms with Crippen LogP contribution in [0.25, 0.3) is 0 Å². The first kappa shape index (κ1) is 27.2. The molecule has 2 aliphatic rings. The molecule has 1 aromatic heterocycles. The predicted molar refractivity (Wildman–Crippen MR) is 139 cm³/mol. The second-order valence-corrected chi connectivity index (χ2v) is 10.3. The van der Waals surface area contributed by atoms with Gasteiger partial charge in [-0.05, 0) is 71.6 Å². The number of amides is 4. The van der Waals surface area contributed by atoms with Crippen molar-refractivity contribution in [3.8, 4) is 0 Å². The Hall–Kier alpha value is -3.82. The summed E-state index contributed by atoms with van der Waals surface area (Å²) in [7, 11) is 0. The third kappa shape index (κ3) is 5.54. The summed E-state index contributed by atoms with van der Waals surface area (Å²) in [5.74, 6) is -2.07.